The molecule has 0 unspecified atom stereocenters. The average Bonchev–Trinajstić information content (AvgIpc) is 1.79. The van der Waals surface area contributed by atoms with Gasteiger partial charge in [0.2, 0.25) is 0 Å². The van der Waals surface area contributed by atoms with Crippen LogP contribution in [0.2, 0.25) is 0 Å². The Balaban J connectivity index is 2.37. The van der Waals surface area contributed by atoms with Crippen LogP contribution in [0.4, 0.5) is 0 Å². The monoisotopic (exact) mass is 126 g/mol. The van der Waals surface area contributed by atoms with E-state index in [1.54, 1.807) is 12.3 Å². The molecule has 0 saturated carbocycles. The number of allylic oxidation sites excluding steroid dienone is 1. The Bertz CT molecular complexity index is 127. The van der Waals surface area contributed by atoms with Crippen LogP contribution in [0.15, 0.2) is 12.3 Å². The van der Waals surface area contributed by atoms with E-state index in [4.69, 9.17) is 4.74 Å². The van der Waals surface area contributed by atoms with Crippen molar-refractivity contribution in [1.82, 2.24) is 0 Å². The Morgan fingerprint density at radius 2 is 2.44 bits per heavy atom. The van der Waals surface area contributed by atoms with Crippen molar-refractivity contribution in [2.45, 2.75) is 19.3 Å². The predicted molar refractivity (Wildman–Crippen MR) is 33.9 cm³/mol. The lowest BCUT2D eigenvalue weighted by atomic mass is 10.1. The van der Waals surface area contributed by atoms with E-state index in [2.05, 4.69) is 0 Å². The molecular formula is C7H10O2. The zero-order valence-electron chi connectivity index (χ0n) is 5.30. The first-order chi connectivity index (χ1) is 4.39. The third-order valence-electron chi connectivity index (χ3n) is 1.26. The molecule has 0 N–H and O–H groups in total. The Kier molecular flexibility index (Phi) is 2.31. The van der Waals surface area contributed by atoms with E-state index < -0.39 is 0 Å². The van der Waals surface area contributed by atoms with E-state index in [9.17, 15) is 4.79 Å². The highest BCUT2D eigenvalue weighted by Crippen LogP contribution is 2.00. The van der Waals surface area contributed by atoms with Gasteiger partial charge in [0.05, 0.1) is 12.9 Å². The number of ether oxygens (including phenoxy) is 1. The molecule has 0 spiro atoms. The van der Waals surface area contributed by atoms with Crippen LogP contribution in [0.1, 0.15) is 19.3 Å². The van der Waals surface area contributed by atoms with Gasteiger partial charge in [-0.25, -0.2) is 0 Å². The molecule has 0 aliphatic carbocycles. The molecule has 0 amide bonds. The van der Waals surface area contributed by atoms with Gasteiger partial charge in [-0.1, -0.05) is 0 Å². The number of hydrogen-bond acceptors (Lipinski definition) is 2. The van der Waals surface area contributed by atoms with Crippen LogP contribution in [0.3, 0.4) is 0 Å². The Labute approximate surface area is 54.5 Å². The summed E-state index contributed by atoms with van der Waals surface area (Å²) in [7, 11) is 0. The maximum absolute atomic E-state index is 10.7. The SMILES string of the molecule is O=C1C/C=C\OCCC1. The van der Waals surface area contributed by atoms with Crippen LogP contribution in [0.25, 0.3) is 0 Å². The number of hydrogen-bond donors (Lipinski definition) is 0. The van der Waals surface area contributed by atoms with E-state index >= 15 is 0 Å². The highest BCUT2D eigenvalue weighted by atomic mass is 16.5. The van der Waals surface area contributed by atoms with Gasteiger partial charge in [0.15, 0.2) is 0 Å². The third-order valence-corrected chi connectivity index (χ3v) is 1.26. The molecule has 0 saturated heterocycles. The summed E-state index contributed by atoms with van der Waals surface area (Å²) in [6, 6.07) is 0. The van der Waals surface area contributed by atoms with Gasteiger partial charge in [0.1, 0.15) is 5.78 Å². The van der Waals surface area contributed by atoms with E-state index in [1.807, 2.05) is 0 Å². The normalized spacial score (nSPS) is 23.8. The van der Waals surface area contributed by atoms with Gasteiger partial charge in [-0.15, -0.1) is 0 Å². The summed E-state index contributed by atoms with van der Waals surface area (Å²) < 4.78 is 4.99. The Morgan fingerprint density at radius 1 is 1.56 bits per heavy atom. The first-order valence-electron chi connectivity index (χ1n) is 3.18. The minimum Gasteiger partial charge on any atom is -0.502 e. The minimum absolute atomic E-state index is 0.314. The largest absolute Gasteiger partial charge is 0.502 e. The topological polar surface area (TPSA) is 26.3 Å². The van der Waals surface area contributed by atoms with Crippen molar-refractivity contribution in [3.05, 3.63) is 12.3 Å². The van der Waals surface area contributed by atoms with E-state index in [0.29, 0.717) is 25.2 Å². The second kappa shape index (κ2) is 3.28. The van der Waals surface area contributed by atoms with Gasteiger partial charge in [-0.05, 0) is 12.5 Å². The Hall–Kier alpha value is -0.790. The molecule has 50 valence electrons. The first-order valence-corrected chi connectivity index (χ1v) is 3.18. The summed E-state index contributed by atoms with van der Waals surface area (Å²) in [5.74, 6) is 0.314. The van der Waals surface area contributed by atoms with Crippen LogP contribution < -0.4 is 0 Å². The standard InChI is InChI=1S/C7H10O2/c8-7-3-1-5-9-6-2-4-7/h1,5H,2-4,6H2/b5-1-. The summed E-state index contributed by atoms with van der Waals surface area (Å²) in [6.07, 6.45) is 5.45. The molecule has 1 aliphatic rings. The van der Waals surface area contributed by atoms with Crippen molar-refractivity contribution < 1.29 is 9.53 Å². The van der Waals surface area contributed by atoms with Crippen molar-refractivity contribution in [2.24, 2.45) is 0 Å². The maximum Gasteiger partial charge on any atom is 0.136 e. The van der Waals surface area contributed by atoms with Crippen LogP contribution >= 0.6 is 0 Å². The molecule has 1 rings (SSSR count). The molecular weight excluding hydrogens is 116 g/mol. The van der Waals surface area contributed by atoms with Crippen molar-refractivity contribution in [2.75, 3.05) is 6.61 Å². The molecule has 9 heavy (non-hydrogen) atoms. The third kappa shape index (κ3) is 2.31. The molecule has 0 atom stereocenters. The van der Waals surface area contributed by atoms with Gasteiger partial charge in [0, 0.05) is 12.8 Å². The second-order valence-electron chi connectivity index (χ2n) is 2.09. The van der Waals surface area contributed by atoms with E-state index in [0.717, 1.165) is 6.42 Å². The van der Waals surface area contributed by atoms with Gasteiger partial charge >= 0.3 is 0 Å². The predicted octanol–water partition coefficient (Wildman–Crippen LogP) is 1.27. The summed E-state index contributed by atoms with van der Waals surface area (Å²) in [5, 5.41) is 0. The molecule has 0 aromatic heterocycles. The fourth-order valence-corrected chi connectivity index (χ4v) is 0.770. The molecule has 0 aromatic rings. The number of Topliss-reactive ketones (excluding diaryl/α,β-unsaturated/α-hetero) is 1. The summed E-state index contributed by atoms with van der Waals surface area (Å²) in [4.78, 5) is 10.7. The van der Waals surface area contributed by atoms with Crippen molar-refractivity contribution in [3.8, 4) is 0 Å². The number of carbonyl (C=O) groups is 1. The zero-order chi connectivity index (χ0) is 6.53. The molecule has 2 nitrogen and oxygen atoms in total. The second-order valence-corrected chi connectivity index (χ2v) is 2.09. The van der Waals surface area contributed by atoms with Gasteiger partial charge < -0.3 is 4.74 Å². The molecule has 0 radical (unpaired) electrons. The lowest BCUT2D eigenvalue weighted by Crippen LogP contribution is -2.01. The van der Waals surface area contributed by atoms with Gasteiger partial charge in [-0.2, -0.15) is 0 Å². The lowest BCUT2D eigenvalue weighted by molar-refractivity contribution is -0.118. The molecule has 1 aliphatic heterocycles. The molecule has 1 heterocycles. The highest BCUT2D eigenvalue weighted by molar-refractivity contribution is 5.79. The van der Waals surface area contributed by atoms with Gasteiger partial charge in [-0.3, -0.25) is 4.79 Å². The van der Waals surface area contributed by atoms with E-state index in [-0.39, 0.29) is 0 Å². The number of rotatable bonds is 0. The van der Waals surface area contributed by atoms with E-state index in [1.165, 1.54) is 0 Å². The number of carbonyl (C=O) groups excluding carboxylic acids is 1. The summed E-state index contributed by atoms with van der Waals surface area (Å²) in [6.45, 7) is 0.683. The fraction of sp³-hybridized carbons (Fsp3) is 0.571. The smallest absolute Gasteiger partial charge is 0.136 e. The maximum atomic E-state index is 10.7. The zero-order valence-corrected chi connectivity index (χ0v) is 5.30. The lowest BCUT2D eigenvalue weighted by Gasteiger charge is -2.02. The number of ketones is 1. The quantitative estimate of drug-likeness (QED) is 0.488. The van der Waals surface area contributed by atoms with Crippen molar-refractivity contribution in [1.29, 1.82) is 0 Å². The molecule has 0 bridgehead atoms. The fourth-order valence-electron chi connectivity index (χ4n) is 0.770. The molecule has 0 fully saturated rings. The highest BCUT2D eigenvalue weighted by Gasteiger charge is 2.00. The van der Waals surface area contributed by atoms with Crippen LogP contribution in [0, 0.1) is 0 Å². The minimum atomic E-state index is 0.314. The summed E-state index contributed by atoms with van der Waals surface area (Å²) >= 11 is 0. The van der Waals surface area contributed by atoms with Crippen LogP contribution in [-0.4, -0.2) is 12.4 Å². The first kappa shape index (κ1) is 6.33. The van der Waals surface area contributed by atoms with Crippen LogP contribution in [0.5, 0.6) is 0 Å². The Morgan fingerprint density at radius 3 is 3.33 bits per heavy atom. The van der Waals surface area contributed by atoms with Crippen molar-refractivity contribution in [3.63, 3.8) is 0 Å². The average molecular weight is 126 g/mol. The van der Waals surface area contributed by atoms with Gasteiger partial charge in [0.25, 0.3) is 0 Å². The molecule has 2 heteroatoms. The molecule has 0 aromatic carbocycles. The van der Waals surface area contributed by atoms with Crippen molar-refractivity contribution >= 4 is 5.78 Å². The van der Waals surface area contributed by atoms with Crippen LogP contribution in [-0.2, 0) is 9.53 Å². The summed E-state index contributed by atoms with van der Waals surface area (Å²) in [5.41, 5.74) is 0.